The molecular weight excluding hydrogens is 332 g/mol. The second-order valence-corrected chi connectivity index (χ2v) is 6.63. The second kappa shape index (κ2) is 8.14. The van der Waals surface area contributed by atoms with Gasteiger partial charge in [-0.05, 0) is 43.4 Å². The molecule has 1 aliphatic heterocycles. The van der Waals surface area contributed by atoms with Gasteiger partial charge in [-0.2, -0.15) is 5.10 Å². The van der Waals surface area contributed by atoms with Gasteiger partial charge in [0.25, 0.3) is 5.91 Å². The van der Waals surface area contributed by atoms with Gasteiger partial charge in [0.1, 0.15) is 6.04 Å². The third kappa shape index (κ3) is 4.29. The van der Waals surface area contributed by atoms with E-state index in [1.54, 1.807) is 25.4 Å². The van der Waals surface area contributed by atoms with Crippen molar-refractivity contribution in [2.45, 2.75) is 25.8 Å². The maximum atomic E-state index is 12.4. The monoisotopic (exact) mass is 356 g/mol. The van der Waals surface area contributed by atoms with Crippen molar-refractivity contribution in [1.29, 1.82) is 0 Å². The predicted molar refractivity (Wildman–Crippen MR) is 97.4 cm³/mol. The summed E-state index contributed by atoms with van der Waals surface area (Å²) < 4.78 is 6.86. The lowest BCUT2D eigenvalue weighted by Gasteiger charge is -2.22. The minimum absolute atomic E-state index is 0.0868. The number of ether oxygens (including phenoxy) is 1. The molecule has 0 bridgehead atoms. The number of primary amides is 1. The quantitative estimate of drug-likeness (QED) is 0.824. The van der Waals surface area contributed by atoms with Crippen LogP contribution in [0.4, 0.5) is 0 Å². The first kappa shape index (κ1) is 18.1. The Morgan fingerprint density at radius 1 is 1.35 bits per heavy atom. The summed E-state index contributed by atoms with van der Waals surface area (Å²) in [6.45, 7) is 3.90. The Kier molecular flexibility index (Phi) is 5.68. The minimum Gasteiger partial charge on any atom is -0.381 e. The summed E-state index contributed by atoms with van der Waals surface area (Å²) in [6.07, 6.45) is 5.39. The van der Waals surface area contributed by atoms with Crippen LogP contribution in [0.2, 0.25) is 0 Å². The molecule has 2 amide bonds. The van der Waals surface area contributed by atoms with E-state index < -0.39 is 11.9 Å². The minimum atomic E-state index is -0.519. The Balaban J connectivity index is 1.67. The van der Waals surface area contributed by atoms with Crippen LogP contribution in [0.25, 0.3) is 11.1 Å². The summed E-state index contributed by atoms with van der Waals surface area (Å²) in [5, 5.41) is 7.20. The van der Waals surface area contributed by atoms with Crippen molar-refractivity contribution in [3.05, 3.63) is 42.2 Å². The molecule has 7 nitrogen and oxygen atoms in total. The SMILES string of the molecule is CC(C(N)=O)n1cc(-c2cccc(C(=O)NCC3CCOCC3)c2)cn1. The molecule has 138 valence electrons. The van der Waals surface area contributed by atoms with Gasteiger partial charge in [0.15, 0.2) is 0 Å². The number of rotatable bonds is 6. The molecule has 2 heterocycles. The molecule has 26 heavy (non-hydrogen) atoms. The molecule has 2 aromatic rings. The van der Waals surface area contributed by atoms with Gasteiger partial charge in [0.05, 0.1) is 6.20 Å². The Hall–Kier alpha value is -2.67. The van der Waals surface area contributed by atoms with Crippen LogP contribution in [0.15, 0.2) is 36.7 Å². The van der Waals surface area contributed by atoms with Crippen LogP contribution in [0, 0.1) is 5.92 Å². The first-order valence-corrected chi connectivity index (χ1v) is 8.84. The number of hydrogen-bond acceptors (Lipinski definition) is 4. The Bertz CT molecular complexity index is 781. The zero-order chi connectivity index (χ0) is 18.5. The van der Waals surface area contributed by atoms with E-state index in [2.05, 4.69) is 10.4 Å². The Labute approximate surface area is 152 Å². The van der Waals surface area contributed by atoms with Crippen molar-refractivity contribution in [3.63, 3.8) is 0 Å². The summed E-state index contributed by atoms with van der Waals surface area (Å²) in [5.74, 6) is -0.0541. The van der Waals surface area contributed by atoms with Crippen LogP contribution in [0.3, 0.4) is 0 Å². The van der Waals surface area contributed by atoms with Gasteiger partial charge in [-0.25, -0.2) is 0 Å². The number of carbonyl (C=O) groups is 2. The summed E-state index contributed by atoms with van der Waals surface area (Å²) in [5.41, 5.74) is 7.61. The normalized spacial score (nSPS) is 16.2. The third-order valence-electron chi connectivity index (χ3n) is 4.76. The fraction of sp³-hybridized carbons (Fsp3) is 0.421. The van der Waals surface area contributed by atoms with E-state index in [4.69, 9.17) is 10.5 Å². The fourth-order valence-corrected chi connectivity index (χ4v) is 2.96. The van der Waals surface area contributed by atoms with Crippen LogP contribution < -0.4 is 11.1 Å². The standard InChI is InChI=1S/C19H24N4O3/c1-13(18(20)24)23-12-17(11-22-23)15-3-2-4-16(9-15)19(25)21-10-14-5-7-26-8-6-14/h2-4,9,11-14H,5-8,10H2,1H3,(H2,20,24)(H,21,25). The van der Waals surface area contributed by atoms with Gasteiger partial charge in [-0.3, -0.25) is 14.3 Å². The molecule has 1 fully saturated rings. The number of nitrogens with zero attached hydrogens (tertiary/aromatic N) is 2. The van der Waals surface area contributed by atoms with E-state index in [1.807, 2.05) is 18.2 Å². The highest BCUT2D eigenvalue weighted by atomic mass is 16.5. The summed E-state index contributed by atoms with van der Waals surface area (Å²) in [7, 11) is 0. The number of amides is 2. The predicted octanol–water partition coefficient (Wildman–Crippen LogP) is 1.75. The molecule has 0 radical (unpaired) electrons. The molecule has 0 aliphatic carbocycles. The maximum Gasteiger partial charge on any atom is 0.251 e. The van der Waals surface area contributed by atoms with Crippen molar-refractivity contribution in [2.75, 3.05) is 19.8 Å². The van der Waals surface area contributed by atoms with E-state index in [0.717, 1.165) is 37.2 Å². The van der Waals surface area contributed by atoms with Crippen molar-refractivity contribution in [1.82, 2.24) is 15.1 Å². The van der Waals surface area contributed by atoms with E-state index in [0.29, 0.717) is 18.0 Å². The average Bonchev–Trinajstić information content (AvgIpc) is 3.16. The molecule has 1 aliphatic rings. The van der Waals surface area contributed by atoms with E-state index in [1.165, 1.54) is 4.68 Å². The van der Waals surface area contributed by atoms with Gasteiger partial charge >= 0.3 is 0 Å². The van der Waals surface area contributed by atoms with Crippen LogP contribution in [0.5, 0.6) is 0 Å². The number of nitrogens with one attached hydrogen (secondary N) is 1. The molecule has 3 N–H and O–H groups in total. The highest BCUT2D eigenvalue weighted by Gasteiger charge is 2.16. The molecular formula is C19H24N4O3. The second-order valence-electron chi connectivity index (χ2n) is 6.63. The first-order chi connectivity index (χ1) is 12.5. The molecule has 0 saturated carbocycles. The Morgan fingerprint density at radius 3 is 2.85 bits per heavy atom. The third-order valence-corrected chi connectivity index (χ3v) is 4.76. The number of benzene rings is 1. The van der Waals surface area contributed by atoms with E-state index in [-0.39, 0.29) is 5.91 Å². The van der Waals surface area contributed by atoms with Crippen LogP contribution in [0.1, 0.15) is 36.2 Å². The lowest BCUT2D eigenvalue weighted by Crippen LogP contribution is -2.32. The number of carbonyl (C=O) groups excluding carboxylic acids is 2. The Morgan fingerprint density at radius 2 is 2.12 bits per heavy atom. The van der Waals surface area contributed by atoms with Crippen molar-refractivity contribution >= 4 is 11.8 Å². The molecule has 1 aromatic carbocycles. The fourth-order valence-electron chi connectivity index (χ4n) is 2.96. The van der Waals surface area contributed by atoms with Gasteiger partial charge in [0.2, 0.25) is 5.91 Å². The summed E-state index contributed by atoms with van der Waals surface area (Å²) >= 11 is 0. The molecule has 7 heteroatoms. The highest BCUT2D eigenvalue weighted by molar-refractivity contribution is 5.95. The molecule has 1 atom stereocenters. The highest BCUT2D eigenvalue weighted by Crippen LogP contribution is 2.21. The van der Waals surface area contributed by atoms with E-state index >= 15 is 0 Å². The van der Waals surface area contributed by atoms with Crippen molar-refractivity contribution < 1.29 is 14.3 Å². The lowest BCUT2D eigenvalue weighted by molar-refractivity contribution is -0.120. The van der Waals surface area contributed by atoms with Crippen LogP contribution in [-0.2, 0) is 9.53 Å². The lowest BCUT2D eigenvalue weighted by atomic mass is 10.00. The van der Waals surface area contributed by atoms with Crippen molar-refractivity contribution in [2.24, 2.45) is 11.7 Å². The number of aromatic nitrogens is 2. The maximum absolute atomic E-state index is 12.4. The largest absolute Gasteiger partial charge is 0.381 e. The topological polar surface area (TPSA) is 99.2 Å². The van der Waals surface area contributed by atoms with Gasteiger partial charge < -0.3 is 15.8 Å². The van der Waals surface area contributed by atoms with Gasteiger partial charge in [-0.1, -0.05) is 12.1 Å². The van der Waals surface area contributed by atoms with Gasteiger partial charge in [-0.15, -0.1) is 0 Å². The molecule has 1 aromatic heterocycles. The number of nitrogens with two attached hydrogens (primary N) is 1. The molecule has 3 rings (SSSR count). The number of hydrogen-bond donors (Lipinski definition) is 2. The first-order valence-electron chi connectivity index (χ1n) is 8.84. The molecule has 1 unspecified atom stereocenters. The van der Waals surface area contributed by atoms with Crippen molar-refractivity contribution in [3.8, 4) is 11.1 Å². The smallest absolute Gasteiger partial charge is 0.251 e. The molecule has 1 saturated heterocycles. The van der Waals surface area contributed by atoms with Crippen LogP contribution in [-0.4, -0.2) is 41.4 Å². The zero-order valence-corrected chi connectivity index (χ0v) is 14.9. The zero-order valence-electron chi connectivity index (χ0n) is 14.9. The summed E-state index contributed by atoms with van der Waals surface area (Å²) in [4.78, 5) is 23.7. The van der Waals surface area contributed by atoms with Gasteiger partial charge in [0, 0.05) is 37.1 Å². The summed E-state index contributed by atoms with van der Waals surface area (Å²) in [6, 6.07) is 6.85. The molecule has 0 spiro atoms. The van der Waals surface area contributed by atoms with E-state index in [9.17, 15) is 9.59 Å². The average molecular weight is 356 g/mol. The van der Waals surface area contributed by atoms with Crippen LogP contribution >= 0.6 is 0 Å².